The molecule has 0 fully saturated rings. The maximum atomic E-state index is 11.1. The molecule has 1 N–H and O–H groups in total. The number of phenols is 1. The van der Waals surface area contributed by atoms with Crippen molar-refractivity contribution in [2.75, 3.05) is 0 Å². The summed E-state index contributed by atoms with van der Waals surface area (Å²) in [5, 5.41) is 12.3. The van der Waals surface area contributed by atoms with E-state index in [4.69, 9.17) is 9.97 Å². The second-order valence-corrected chi connectivity index (χ2v) is 15.0. The highest BCUT2D eigenvalue weighted by Crippen LogP contribution is 2.41. The van der Waals surface area contributed by atoms with E-state index in [9.17, 15) is 5.11 Å². The van der Waals surface area contributed by atoms with E-state index in [0.717, 1.165) is 61.1 Å². The fraction of sp³-hybridized carbons (Fsp3) is 0.300. The summed E-state index contributed by atoms with van der Waals surface area (Å²) >= 11 is 0. The molecule has 0 spiro atoms. The Bertz CT molecular complexity index is 2030. The molecule has 2 heterocycles. The van der Waals surface area contributed by atoms with Gasteiger partial charge in [-0.3, -0.25) is 4.98 Å². The zero-order valence-corrected chi connectivity index (χ0v) is 27.4. The number of fused-ring (bicyclic) bond motifs is 2. The van der Waals surface area contributed by atoms with Crippen LogP contribution in [0.4, 0.5) is 0 Å². The summed E-state index contributed by atoms with van der Waals surface area (Å²) in [5.74, 6) is 1.01. The number of pyridine rings is 1. The first-order valence-electron chi connectivity index (χ1n) is 15.5. The second kappa shape index (κ2) is 10.3. The molecule has 6 aromatic rings. The Balaban J connectivity index is 1.58. The van der Waals surface area contributed by atoms with Crippen LogP contribution in [0.2, 0.25) is 0 Å². The molecule has 6 rings (SSSR count). The van der Waals surface area contributed by atoms with Crippen LogP contribution < -0.4 is 0 Å². The third kappa shape index (κ3) is 5.27. The summed E-state index contributed by atoms with van der Waals surface area (Å²) in [5.41, 5.74) is 10.2. The molecule has 2 aromatic heterocycles. The Morgan fingerprint density at radius 3 is 1.93 bits per heavy atom. The first-order valence-corrected chi connectivity index (χ1v) is 15.5. The molecule has 0 aliphatic carbocycles. The van der Waals surface area contributed by atoms with E-state index in [1.807, 2.05) is 18.3 Å². The topological polar surface area (TPSA) is 50.9 Å². The number of aromatic nitrogens is 3. The van der Waals surface area contributed by atoms with E-state index >= 15 is 0 Å². The van der Waals surface area contributed by atoms with Gasteiger partial charge in [0.15, 0.2) is 0 Å². The number of hydrogen-bond donors (Lipinski definition) is 1. The lowest BCUT2D eigenvalue weighted by Crippen LogP contribution is -2.22. The maximum absolute atomic E-state index is 11.1. The molecule has 4 heteroatoms. The van der Waals surface area contributed by atoms with Gasteiger partial charge in [-0.1, -0.05) is 84.0 Å². The number of rotatable bonds is 3. The third-order valence-corrected chi connectivity index (χ3v) is 8.51. The third-order valence-electron chi connectivity index (χ3n) is 8.51. The molecule has 0 unspecified atom stereocenters. The minimum absolute atomic E-state index is 0.00796. The van der Waals surface area contributed by atoms with E-state index in [0.29, 0.717) is 0 Å². The highest BCUT2D eigenvalue weighted by atomic mass is 16.3. The van der Waals surface area contributed by atoms with Crippen LogP contribution in [-0.4, -0.2) is 19.6 Å². The molecule has 0 saturated carbocycles. The Morgan fingerprint density at radius 1 is 0.591 bits per heavy atom. The molecule has 0 aliphatic heterocycles. The molecule has 4 aromatic carbocycles. The van der Waals surface area contributed by atoms with Crippen molar-refractivity contribution in [3.63, 3.8) is 0 Å². The highest BCUT2D eigenvalue weighted by Gasteiger charge is 2.27. The van der Waals surface area contributed by atoms with Crippen LogP contribution in [0.3, 0.4) is 0 Å². The zero-order chi connectivity index (χ0) is 31.6. The zero-order valence-electron chi connectivity index (χ0n) is 27.4. The molecule has 0 radical (unpaired) electrons. The second-order valence-electron chi connectivity index (χ2n) is 15.0. The fourth-order valence-corrected chi connectivity index (χ4v) is 6.07. The van der Waals surface area contributed by atoms with Crippen molar-refractivity contribution < 1.29 is 5.11 Å². The van der Waals surface area contributed by atoms with Gasteiger partial charge in [-0.25, -0.2) is 4.98 Å². The Hall–Kier alpha value is -4.44. The lowest BCUT2D eigenvalue weighted by Gasteiger charge is -2.26. The van der Waals surface area contributed by atoms with Gasteiger partial charge < -0.3 is 9.67 Å². The molecular formula is C40H43N3O. The van der Waals surface area contributed by atoms with E-state index in [2.05, 4.69) is 134 Å². The minimum atomic E-state index is -0.271. The Labute approximate surface area is 261 Å². The molecule has 0 atom stereocenters. The average molecular weight is 582 g/mol. The van der Waals surface area contributed by atoms with Crippen molar-refractivity contribution in [2.24, 2.45) is 0 Å². The number of aromatic hydroxyl groups is 1. The van der Waals surface area contributed by atoms with Gasteiger partial charge in [0.25, 0.3) is 0 Å². The van der Waals surface area contributed by atoms with Gasteiger partial charge in [-0.2, -0.15) is 0 Å². The van der Waals surface area contributed by atoms with Crippen molar-refractivity contribution in [1.29, 1.82) is 0 Å². The quantitative estimate of drug-likeness (QED) is 0.226. The number of para-hydroxylation sites is 1. The van der Waals surface area contributed by atoms with Crippen LogP contribution in [0.5, 0.6) is 5.75 Å². The molecule has 0 aliphatic rings. The van der Waals surface area contributed by atoms with Crippen LogP contribution in [-0.2, 0) is 16.4 Å². The van der Waals surface area contributed by atoms with Crippen molar-refractivity contribution in [1.82, 2.24) is 14.5 Å². The number of benzene rings is 4. The maximum Gasteiger partial charge on any atom is 0.145 e. The summed E-state index contributed by atoms with van der Waals surface area (Å²) in [6.45, 7) is 19.9. The molecule has 4 nitrogen and oxygen atoms in total. The first kappa shape index (κ1) is 29.6. The van der Waals surface area contributed by atoms with E-state index in [1.54, 1.807) is 6.07 Å². The van der Waals surface area contributed by atoms with E-state index < -0.39 is 0 Å². The van der Waals surface area contributed by atoms with Gasteiger partial charge in [0.2, 0.25) is 0 Å². The van der Waals surface area contributed by atoms with Crippen LogP contribution >= 0.6 is 0 Å². The largest absolute Gasteiger partial charge is 0.507 e. The fourth-order valence-electron chi connectivity index (χ4n) is 6.07. The van der Waals surface area contributed by atoms with Crippen molar-refractivity contribution in [3.05, 3.63) is 102 Å². The van der Waals surface area contributed by atoms with E-state index in [1.165, 1.54) is 5.56 Å². The molecular weight excluding hydrogens is 538 g/mol. The van der Waals surface area contributed by atoms with Crippen LogP contribution in [0.15, 0.2) is 91.1 Å². The highest BCUT2D eigenvalue weighted by molar-refractivity contribution is 5.98. The van der Waals surface area contributed by atoms with Crippen molar-refractivity contribution >= 4 is 21.9 Å². The van der Waals surface area contributed by atoms with Gasteiger partial charge in [-0.15, -0.1) is 0 Å². The van der Waals surface area contributed by atoms with Crippen LogP contribution in [0.25, 0.3) is 55.6 Å². The number of imidazole rings is 1. The van der Waals surface area contributed by atoms with Gasteiger partial charge >= 0.3 is 0 Å². The minimum Gasteiger partial charge on any atom is -0.507 e. The average Bonchev–Trinajstić information content (AvgIpc) is 3.36. The van der Waals surface area contributed by atoms with Gasteiger partial charge in [0.05, 0.1) is 22.1 Å². The summed E-state index contributed by atoms with van der Waals surface area (Å²) in [4.78, 5) is 10.1. The molecule has 224 valence electrons. The van der Waals surface area contributed by atoms with Gasteiger partial charge in [0.1, 0.15) is 11.6 Å². The van der Waals surface area contributed by atoms with Crippen LogP contribution in [0, 0.1) is 0 Å². The number of phenolic OH excluding ortho intramolecular Hbond substituents is 1. The molecule has 44 heavy (non-hydrogen) atoms. The summed E-state index contributed by atoms with van der Waals surface area (Å²) in [6.07, 6.45) is 1.87. The normalized spacial score (nSPS) is 12.8. The summed E-state index contributed by atoms with van der Waals surface area (Å²) in [6, 6.07) is 29.8. The van der Waals surface area contributed by atoms with Crippen molar-refractivity contribution in [3.8, 4) is 39.4 Å². The van der Waals surface area contributed by atoms with Crippen molar-refractivity contribution in [2.45, 2.75) is 78.7 Å². The van der Waals surface area contributed by atoms with Crippen LogP contribution in [0.1, 0.15) is 73.4 Å². The Morgan fingerprint density at radius 2 is 1.25 bits per heavy atom. The standard InChI is InChI=1S/C40H43N3O/c1-38(2,3)28-18-19-34(44)32(23-28)37-42-36-30(16-11-17-33(36)43(37)40(7,8)9)25-13-10-14-26(21-25)31-24-29(39(4,5)6)22-27-15-12-20-41-35(27)31/h10-24,44H,1-9H3. The predicted octanol–water partition coefficient (Wildman–Crippen LogP) is 10.6. The number of nitrogens with zero attached hydrogens (tertiary/aromatic N) is 3. The molecule has 0 bridgehead atoms. The summed E-state index contributed by atoms with van der Waals surface area (Å²) < 4.78 is 2.27. The lowest BCUT2D eigenvalue weighted by atomic mass is 9.84. The monoisotopic (exact) mass is 581 g/mol. The predicted molar refractivity (Wildman–Crippen MR) is 185 cm³/mol. The van der Waals surface area contributed by atoms with E-state index in [-0.39, 0.29) is 22.1 Å². The number of hydrogen-bond acceptors (Lipinski definition) is 3. The summed E-state index contributed by atoms with van der Waals surface area (Å²) in [7, 11) is 0. The smallest absolute Gasteiger partial charge is 0.145 e. The van der Waals surface area contributed by atoms with Gasteiger partial charge in [0, 0.05) is 28.2 Å². The molecule has 0 saturated heterocycles. The lowest BCUT2D eigenvalue weighted by molar-refractivity contribution is 0.411. The Kier molecular flexibility index (Phi) is 6.96. The van der Waals surface area contributed by atoms with Gasteiger partial charge in [-0.05, 0) is 96.3 Å². The SMILES string of the molecule is CC(C)(C)c1ccc(O)c(-c2nc3c(-c4cccc(-c5cc(C(C)(C)C)cc6cccnc56)c4)cccc3n2C(C)(C)C)c1. The molecule has 0 amide bonds. The first-order chi connectivity index (χ1) is 20.6.